The maximum Gasteiger partial charge on any atom is 0.402 e. The summed E-state index contributed by atoms with van der Waals surface area (Å²) < 4.78 is 91.0. The highest BCUT2D eigenvalue weighted by atomic mass is 32.2. The molecule has 8 fully saturated rings. The Kier molecular flexibility index (Phi) is 13.1. The maximum atomic E-state index is 14.6. The van der Waals surface area contributed by atoms with E-state index in [0.29, 0.717) is 40.5 Å². The van der Waals surface area contributed by atoms with Gasteiger partial charge in [0.05, 0.1) is 19.4 Å². The van der Waals surface area contributed by atoms with Crippen LogP contribution in [0.4, 0.5) is 8.78 Å². The van der Waals surface area contributed by atoms with Crippen molar-refractivity contribution >= 4 is 64.3 Å². The smallest absolute Gasteiger partial charge is 0.402 e. The van der Waals surface area contributed by atoms with Crippen molar-refractivity contribution in [3.63, 3.8) is 0 Å². The van der Waals surface area contributed by atoms with E-state index in [0.717, 1.165) is 78.1 Å². The average Bonchev–Trinajstić information content (AvgIpc) is 3.89. The number of methoxy groups -OCH3 is 1. The summed E-state index contributed by atoms with van der Waals surface area (Å²) in [6.45, 7) is 4.17. The second kappa shape index (κ2) is 18.8. The molecule has 8 aliphatic carbocycles. The number of carbonyl (C=O) groups is 5. The van der Waals surface area contributed by atoms with Gasteiger partial charge in [-0.15, -0.1) is 0 Å². The molecule has 3 aromatic carbocycles. The molecule has 12 rings (SSSR count). The molecule has 18 heteroatoms. The van der Waals surface area contributed by atoms with Gasteiger partial charge in [-0.05, 0) is 146 Å². The van der Waals surface area contributed by atoms with Crippen LogP contribution in [0.3, 0.4) is 0 Å². The molecule has 3 aromatic rings. The van der Waals surface area contributed by atoms with Crippen LogP contribution in [0, 0.1) is 47.3 Å². The molecular weight excluding hydrogens is 971 g/mol. The first-order chi connectivity index (χ1) is 34.1. The van der Waals surface area contributed by atoms with Crippen LogP contribution in [0.2, 0.25) is 0 Å². The Bertz CT molecular complexity index is 2820. The van der Waals surface area contributed by atoms with Crippen molar-refractivity contribution in [2.45, 2.75) is 107 Å². The van der Waals surface area contributed by atoms with Crippen LogP contribution >= 0.6 is 0 Å². The second-order valence-electron chi connectivity index (χ2n) is 21.7. The first-order valence-corrected chi connectivity index (χ1v) is 27.8. The minimum Gasteiger partial charge on any atom is -0.496 e. The summed E-state index contributed by atoms with van der Waals surface area (Å²) in [5.41, 5.74) is 1.62. The van der Waals surface area contributed by atoms with Crippen LogP contribution in [-0.2, 0) is 64.2 Å². The molecule has 9 aliphatic rings. The van der Waals surface area contributed by atoms with Crippen molar-refractivity contribution < 1.29 is 74.1 Å². The zero-order valence-electron chi connectivity index (χ0n) is 40.5. The lowest BCUT2D eigenvalue weighted by atomic mass is 9.50. The number of carbonyl (C=O) groups excluding carboxylic acids is 5. The van der Waals surface area contributed by atoms with E-state index in [4.69, 9.17) is 28.2 Å². The lowest BCUT2D eigenvalue weighted by Crippen LogP contribution is -2.58. The van der Waals surface area contributed by atoms with Gasteiger partial charge < -0.3 is 28.4 Å². The highest BCUT2D eigenvalue weighted by Crippen LogP contribution is 2.64. The van der Waals surface area contributed by atoms with Gasteiger partial charge in [0.1, 0.15) is 17.0 Å². The third-order valence-electron chi connectivity index (χ3n) is 17.5. The van der Waals surface area contributed by atoms with E-state index in [1.165, 1.54) is 13.5 Å². The van der Waals surface area contributed by atoms with E-state index in [9.17, 15) is 41.2 Å². The quantitative estimate of drug-likeness (QED) is 0.0401. The van der Waals surface area contributed by atoms with Crippen molar-refractivity contribution in [2.24, 2.45) is 47.3 Å². The van der Waals surface area contributed by atoms with E-state index < -0.39 is 91.0 Å². The Hall–Kier alpha value is -5.46. The van der Waals surface area contributed by atoms with Crippen LogP contribution in [0.5, 0.6) is 5.75 Å². The zero-order valence-corrected chi connectivity index (χ0v) is 42.3. The number of fused-ring (bicyclic) bond motifs is 3. The van der Waals surface area contributed by atoms with Gasteiger partial charge in [0, 0.05) is 23.5 Å². The molecule has 72 heavy (non-hydrogen) atoms. The summed E-state index contributed by atoms with van der Waals surface area (Å²) >= 11 is 0. The summed E-state index contributed by atoms with van der Waals surface area (Å²) in [5.74, 6) is -1.74. The van der Waals surface area contributed by atoms with Crippen LogP contribution in [0.25, 0.3) is 11.1 Å². The van der Waals surface area contributed by atoms with E-state index >= 15 is 0 Å². The summed E-state index contributed by atoms with van der Waals surface area (Å²) in [6.07, 6.45) is 9.20. The number of hydrogen-bond acceptors (Lipinski definition) is 13. The number of alkyl halides is 2. The zero-order chi connectivity index (χ0) is 51.1. The Morgan fingerprint density at radius 2 is 1.39 bits per heavy atom. The molecule has 0 saturated heterocycles. The first-order valence-electron chi connectivity index (χ1n) is 24.9. The van der Waals surface area contributed by atoms with Gasteiger partial charge in [-0.25, -0.2) is 14.4 Å². The van der Waals surface area contributed by atoms with Gasteiger partial charge in [-0.2, -0.15) is 17.2 Å². The highest BCUT2D eigenvalue weighted by molar-refractivity contribution is 7.86. The summed E-state index contributed by atoms with van der Waals surface area (Å²) in [7, 11) is -6.25. The first kappa shape index (κ1) is 50.1. The largest absolute Gasteiger partial charge is 0.496 e. The van der Waals surface area contributed by atoms with E-state index in [2.05, 4.69) is 11.3 Å². The standard InChI is InChI=1S/C54H59F2O14SSi/c1-29(50(60)66-26-48(58)68-28-54(55,56)71(62,63)64)13-30-9-11-40-39-7-5-6-8-45(39)72(46(40)22-30)38-10-12-44(65-4)41(24-38)42(25-47(57)69-53(3)37-20-33-15-34(23-37)43(53)21-33)51(61)67-27-49(59)70-52(2)35-16-31-14-32(18-35)19-36(52)17-31/h5-12,22,24,31-37,42-43H,1,13-21,23,25-28H2,2-4H3,(H,62,63,64). The minimum absolute atomic E-state index is 0.0384. The molecule has 0 amide bonds. The van der Waals surface area contributed by atoms with Crippen LogP contribution in [-0.4, -0.2) is 95.0 Å². The van der Waals surface area contributed by atoms with E-state index in [1.807, 2.05) is 68.4 Å². The number of ether oxygens (including phenoxy) is 6. The number of hydrogen-bond donors (Lipinski definition) is 1. The number of benzene rings is 3. The SMILES string of the molecule is C=C(Cc1ccc2c(c1)[Si](c1ccc(OC)c(C(CC(=O)OC3(C)C4CC5CC(C4)C3C5)C(=O)OCC(=O)OC3(C)C4CC5CC(C4)CC3C5)c1)c1ccccc1-2)C(=O)OCC(=O)OCC(F)(F)S(=O)(=O)O. The number of esters is 5. The molecule has 14 nitrogen and oxygen atoms in total. The molecular formula is C54H59F2O14SSi. The lowest BCUT2D eigenvalue weighted by molar-refractivity contribution is -0.207. The Labute approximate surface area is 418 Å². The fraction of sp³-hybridized carbons (Fsp3) is 0.537. The molecule has 1 radical (unpaired) electrons. The van der Waals surface area contributed by atoms with Crippen molar-refractivity contribution in [1.29, 1.82) is 0 Å². The monoisotopic (exact) mass is 1030 g/mol. The topological polar surface area (TPSA) is 195 Å². The van der Waals surface area contributed by atoms with Gasteiger partial charge in [0.25, 0.3) is 0 Å². The van der Waals surface area contributed by atoms with Crippen LogP contribution in [0.1, 0.15) is 95.1 Å². The van der Waals surface area contributed by atoms with Crippen molar-refractivity contribution in [1.82, 2.24) is 0 Å². The fourth-order valence-electron chi connectivity index (χ4n) is 14.3. The van der Waals surface area contributed by atoms with Crippen molar-refractivity contribution in [3.8, 4) is 16.9 Å². The average molecular weight is 1030 g/mol. The molecule has 1 heterocycles. The van der Waals surface area contributed by atoms with Gasteiger partial charge in [0.15, 0.2) is 28.6 Å². The molecule has 0 aromatic heterocycles. The summed E-state index contributed by atoms with van der Waals surface area (Å²) in [6, 6.07) is 19.2. The highest BCUT2D eigenvalue weighted by Gasteiger charge is 2.62. The summed E-state index contributed by atoms with van der Waals surface area (Å²) in [4.78, 5) is 67.6. The van der Waals surface area contributed by atoms with E-state index in [-0.39, 0.29) is 42.1 Å². The molecule has 8 bridgehead atoms. The lowest BCUT2D eigenvalue weighted by Gasteiger charge is -2.59. The van der Waals surface area contributed by atoms with E-state index in [1.54, 1.807) is 6.07 Å². The molecule has 6 atom stereocenters. The Balaban J connectivity index is 0.897. The fourth-order valence-corrected chi connectivity index (χ4v) is 17.5. The Morgan fingerprint density at radius 1 is 0.750 bits per heavy atom. The molecule has 6 unspecified atom stereocenters. The molecule has 0 spiro atoms. The number of halogens is 2. The maximum absolute atomic E-state index is 14.6. The third-order valence-corrected chi connectivity index (χ3v) is 21.2. The molecule has 8 saturated carbocycles. The molecule has 383 valence electrons. The predicted molar refractivity (Wildman–Crippen MR) is 258 cm³/mol. The van der Waals surface area contributed by atoms with Gasteiger partial charge in [-0.1, -0.05) is 66.4 Å². The molecule has 1 N–H and O–H groups in total. The second-order valence-corrected chi connectivity index (χ2v) is 25.7. The molecule has 1 aliphatic heterocycles. The Morgan fingerprint density at radius 3 is 2.07 bits per heavy atom. The van der Waals surface area contributed by atoms with Gasteiger partial charge in [-0.3, -0.25) is 14.1 Å². The van der Waals surface area contributed by atoms with Crippen molar-refractivity contribution in [2.75, 3.05) is 26.9 Å². The normalized spacial score (nSPS) is 29.8. The van der Waals surface area contributed by atoms with Crippen LogP contribution < -0.4 is 20.3 Å². The third kappa shape index (κ3) is 9.17. The van der Waals surface area contributed by atoms with Crippen LogP contribution in [0.15, 0.2) is 72.8 Å². The predicted octanol–water partition coefficient (Wildman–Crippen LogP) is 6.00. The minimum atomic E-state index is -5.85. The van der Waals surface area contributed by atoms with Gasteiger partial charge >= 0.3 is 45.2 Å². The number of rotatable bonds is 18. The van der Waals surface area contributed by atoms with Crippen molar-refractivity contribution in [3.05, 3.63) is 83.9 Å². The van der Waals surface area contributed by atoms with Gasteiger partial charge in [0.2, 0.25) is 0 Å². The summed E-state index contributed by atoms with van der Waals surface area (Å²) in [5, 5.41) is -1.93.